The number of para-hydroxylation sites is 1. The number of hydrogen-bond acceptors (Lipinski definition) is 1. The first-order chi connectivity index (χ1) is 11.3. The molecule has 4 rings (SSSR count). The van der Waals surface area contributed by atoms with Crippen LogP contribution in [-0.4, -0.2) is 6.85 Å². The van der Waals surface area contributed by atoms with Crippen molar-refractivity contribution in [2.24, 2.45) is 0 Å². The average Bonchev–Trinajstić information content (AvgIpc) is 2.62. The van der Waals surface area contributed by atoms with E-state index in [4.69, 9.17) is 0 Å². The van der Waals surface area contributed by atoms with Gasteiger partial charge in [-0.25, -0.2) is 4.39 Å². The minimum absolute atomic E-state index is 0.0524. The van der Waals surface area contributed by atoms with Crippen molar-refractivity contribution in [1.82, 2.24) is 0 Å². The molecule has 0 aliphatic carbocycles. The van der Waals surface area contributed by atoms with E-state index in [2.05, 4.69) is 35.6 Å². The van der Waals surface area contributed by atoms with Gasteiger partial charge in [-0.2, -0.15) is 0 Å². The lowest BCUT2D eigenvalue weighted by Crippen LogP contribution is -2.41. The van der Waals surface area contributed by atoms with E-state index >= 15 is 0 Å². The van der Waals surface area contributed by atoms with Crippen molar-refractivity contribution in [1.29, 1.82) is 0 Å². The van der Waals surface area contributed by atoms with Gasteiger partial charge in [-0.1, -0.05) is 72.2 Å². The van der Waals surface area contributed by atoms with Crippen molar-refractivity contribution >= 4 is 29.5 Å². The summed E-state index contributed by atoms with van der Waals surface area (Å²) in [5.74, 6) is -0.213. The minimum atomic E-state index is -0.213. The number of benzene rings is 3. The molecule has 0 unspecified atom stereocenters. The first-order valence-electron chi connectivity index (χ1n) is 7.69. The van der Waals surface area contributed by atoms with Crippen LogP contribution in [0.1, 0.15) is 11.1 Å². The van der Waals surface area contributed by atoms with E-state index in [1.54, 1.807) is 0 Å². The van der Waals surface area contributed by atoms with Gasteiger partial charge < -0.3 is 5.23 Å². The quantitative estimate of drug-likeness (QED) is 0.698. The summed E-state index contributed by atoms with van der Waals surface area (Å²) in [6.45, 7) is 0.0524. The van der Waals surface area contributed by atoms with Crippen molar-refractivity contribution in [2.45, 2.75) is 0 Å². The Morgan fingerprint density at radius 2 is 1.43 bits per heavy atom. The molecule has 0 amide bonds. The second-order valence-electron chi connectivity index (χ2n) is 5.68. The number of rotatable bonds is 2. The molecule has 0 atom stereocenters. The maximum Gasteiger partial charge on any atom is 0.321 e. The van der Waals surface area contributed by atoms with Crippen LogP contribution in [0.4, 0.5) is 10.1 Å². The molecular formula is C20H15BFN. The molecule has 1 heterocycles. The summed E-state index contributed by atoms with van der Waals surface area (Å²) in [5.41, 5.74) is 5.64. The lowest BCUT2D eigenvalue weighted by Gasteiger charge is -2.26. The lowest BCUT2D eigenvalue weighted by molar-refractivity contribution is 0.627. The molecule has 0 spiro atoms. The van der Waals surface area contributed by atoms with Gasteiger partial charge in [0.15, 0.2) is 0 Å². The molecule has 1 aliphatic heterocycles. The van der Waals surface area contributed by atoms with E-state index in [0.717, 1.165) is 22.3 Å². The van der Waals surface area contributed by atoms with E-state index in [1.165, 1.54) is 17.6 Å². The summed E-state index contributed by atoms with van der Waals surface area (Å²) >= 11 is 0. The van der Waals surface area contributed by atoms with Gasteiger partial charge in [0.25, 0.3) is 0 Å². The van der Waals surface area contributed by atoms with Crippen LogP contribution in [0, 0.1) is 5.82 Å². The highest BCUT2D eigenvalue weighted by Gasteiger charge is 2.27. The van der Waals surface area contributed by atoms with E-state index in [1.807, 2.05) is 42.5 Å². The second-order valence-corrected chi connectivity index (χ2v) is 5.68. The molecule has 1 nitrogen and oxygen atoms in total. The standard InChI is InChI=1S/C20H15BFN/c22-18-12-10-15(11-13-18)19-14-16-6-4-5-9-20(16)23-21(19)17-7-2-1-3-8-17/h1-14,23H. The summed E-state index contributed by atoms with van der Waals surface area (Å²) in [6, 6.07) is 25.3. The Morgan fingerprint density at radius 3 is 2.22 bits per heavy atom. The van der Waals surface area contributed by atoms with Crippen molar-refractivity contribution < 1.29 is 4.39 Å². The average molecular weight is 299 g/mol. The van der Waals surface area contributed by atoms with Gasteiger partial charge in [-0.15, -0.1) is 0 Å². The maximum absolute atomic E-state index is 13.3. The van der Waals surface area contributed by atoms with Crippen LogP contribution in [0.2, 0.25) is 0 Å². The second kappa shape index (κ2) is 5.77. The summed E-state index contributed by atoms with van der Waals surface area (Å²) in [4.78, 5) is 0. The molecule has 3 heteroatoms. The van der Waals surface area contributed by atoms with Gasteiger partial charge in [0.05, 0.1) is 0 Å². The van der Waals surface area contributed by atoms with Crippen molar-refractivity contribution in [3.63, 3.8) is 0 Å². The maximum atomic E-state index is 13.3. The van der Waals surface area contributed by atoms with Gasteiger partial charge >= 0.3 is 6.85 Å². The Balaban J connectivity index is 1.86. The molecule has 0 aromatic heterocycles. The summed E-state index contributed by atoms with van der Waals surface area (Å²) in [6.07, 6.45) is 2.19. The predicted octanol–water partition coefficient (Wildman–Crippen LogP) is 4.23. The number of hydrogen-bond donors (Lipinski definition) is 1. The van der Waals surface area contributed by atoms with Crippen LogP contribution in [-0.2, 0) is 0 Å². The largest absolute Gasteiger partial charge is 0.420 e. The van der Waals surface area contributed by atoms with Crippen LogP contribution in [0.15, 0.2) is 78.9 Å². The molecule has 110 valence electrons. The Hall–Kier alpha value is -2.81. The van der Waals surface area contributed by atoms with Crippen LogP contribution < -0.4 is 10.7 Å². The Kier molecular flexibility index (Phi) is 3.47. The summed E-state index contributed by atoms with van der Waals surface area (Å²) in [7, 11) is 0. The topological polar surface area (TPSA) is 12.0 Å². The van der Waals surface area contributed by atoms with E-state index < -0.39 is 0 Å². The van der Waals surface area contributed by atoms with E-state index in [-0.39, 0.29) is 12.7 Å². The first-order valence-corrected chi connectivity index (χ1v) is 7.69. The zero-order chi connectivity index (χ0) is 15.6. The fourth-order valence-electron chi connectivity index (χ4n) is 3.04. The molecule has 1 aliphatic rings. The fourth-order valence-corrected chi connectivity index (χ4v) is 3.04. The molecular weight excluding hydrogens is 284 g/mol. The normalized spacial score (nSPS) is 13.1. The molecule has 0 fully saturated rings. The highest BCUT2D eigenvalue weighted by atomic mass is 19.1. The van der Waals surface area contributed by atoms with Crippen molar-refractivity contribution in [3.05, 3.63) is 95.8 Å². The summed E-state index contributed by atoms with van der Waals surface area (Å²) < 4.78 is 13.3. The van der Waals surface area contributed by atoms with Gasteiger partial charge in [-0.3, -0.25) is 0 Å². The van der Waals surface area contributed by atoms with Gasteiger partial charge in [0.1, 0.15) is 5.82 Å². The lowest BCUT2D eigenvalue weighted by atomic mass is 9.47. The van der Waals surface area contributed by atoms with Crippen molar-refractivity contribution in [3.8, 4) is 0 Å². The highest BCUT2D eigenvalue weighted by molar-refractivity contribution is 6.93. The smallest absolute Gasteiger partial charge is 0.321 e. The molecule has 0 saturated heterocycles. The van der Waals surface area contributed by atoms with Gasteiger partial charge in [0.2, 0.25) is 0 Å². The monoisotopic (exact) mass is 299 g/mol. The van der Waals surface area contributed by atoms with Crippen LogP contribution in [0.25, 0.3) is 11.5 Å². The summed E-state index contributed by atoms with van der Waals surface area (Å²) in [5, 5.41) is 3.61. The minimum Gasteiger partial charge on any atom is -0.420 e. The van der Waals surface area contributed by atoms with E-state index in [0.29, 0.717) is 0 Å². The number of halogens is 1. The molecule has 0 saturated carbocycles. The molecule has 3 aromatic carbocycles. The van der Waals surface area contributed by atoms with E-state index in [9.17, 15) is 4.39 Å². The van der Waals surface area contributed by atoms with Crippen LogP contribution >= 0.6 is 0 Å². The third-order valence-corrected chi connectivity index (χ3v) is 4.19. The van der Waals surface area contributed by atoms with Gasteiger partial charge in [-0.05, 0) is 34.8 Å². The number of fused-ring (bicyclic) bond motifs is 1. The molecule has 23 heavy (non-hydrogen) atoms. The van der Waals surface area contributed by atoms with Crippen molar-refractivity contribution in [2.75, 3.05) is 5.23 Å². The molecule has 0 radical (unpaired) electrons. The fraction of sp³-hybridized carbons (Fsp3) is 0. The number of anilines is 1. The van der Waals surface area contributed by atoms with Crippen LogP contribution in [0.3, 0.4) is 0 Å². The van der Waals surface area contributed by atoms with Gasteiger partial charge in [0, 0.05) is 5.69 Å². The third kappa shape index (κ3) is 2.66. The third-order valence-electron chi connectivity index (χ3n) is 4.19. The highest BCUT2D eigenvalue weighted by Crippen LogP contribution is 2.30. The Bertz CT molecular complexity index is 856. The first kappa shape index (κ1) is 13.8. The molecule has 3 aromatic rings. The Labute approximate surface area is 135 Å². The number of nitrogens with one attached hydrogen (secondary N) is 1. The SMILES string of the molecule is Fc1ccc(C2=Cc3ccccc3NB2c2ccccc2)cc1. The molecule has 1 N–H and O–H groups in total. The predicted molar refractivity (Wildman–Crippen MR) is 96.2 cm³/mol. The Morgan fingerprint density at radius 1 is 0.739 bits per heavy atom. The van der Waals surface area contributed by atoms with Crippen LogP contribution in [0.5, 0.6) is 0 Å². The zero-order valence-electron chi connectivity index (χ0n) is 12.5. The zero-order valence-corrected chi connectivity index (χ0v) is 12.5. The molecule has 0 bridgehead atoms.